The van der Waals surface area contributed by atoms with Gasteiger partial charge in [-0.15, -0.1) is 12.6 Å². The summed E-state index contributed by atoms with van der Waals surface area (Å²) in [6.07, 6.45) is 0. The third-order valence-corrected chi connectivity index (χ3v) is 6.24. The lowest BCUT2D eigenvalue weighted by Gasteiger charge is -2.11. The third-order valence-electron chi connectivity index (χ3n) is 4.04. The van der Waals surface area contributed by atoms with E-state index >= 15 is 0 Å². The summed E-state index contributed by atoms with van der Waals surface area (Å²) in [4.78, 5) is 0.217. The van der Waals surface area contributed by atoms with Crippen molar-refractivity contribution in [2.75, 3.05) is 0 Å². The van der Waals surface area contributed by atoms with Gasteiger partial charge in [-0.2, -0.15) is 0 Å². The molecule has 0 aliphatic carbocycles. The highest BCUT2D eigenvalue weighted by Gasteiger charge is 2.15. The topological polar surface area (TPSA) is 60.2 Å². The van der Waals surface area contributed by atoms with Crippen molar-refractivity contribution in [3.63, 3.8) is 0 Å². The SMILES string of the molecule is Cc1cc(-c2ccc(-c3ccc(S(N)(=O)=O)c(F)c3)cc2S)ccc1Br. The molecule has 0 saturated heterocycles. The average Bonchev–Trinajstić information content (AvgIpc) is 2.56. The maximum atomic E-state index is 14.1. The first-order valence-corrected chi connectivity index (χ1v) is 10.4. The molecule has 0 heterocycles. The summed E-state index contributed by atoms with van der Waals surface area (Å²) in [5.74, 6) is -0.877. The zero-order chi connectivity index (χ0) is 19.1. The predicted molar refractivity (Wildman–Crippen MR) is 108 cm³/mol. The van der Waals surface area contributed by atoms with Crippen LogP contribution in [0, 0.1) is 12.7 Å². The number of halogens is 2. The van der Waals surface area contributed by atoms with E-state index < -0.39 is 20.7 Å². The fourth-order valence-corrected chi connectivity index (χ4v) is 3.86. The van der Waals surface area contributed by atoms with E-state index in [4.69, 9.17) is 5.14 Å². The third kappa shape index (κ3) is 3.86. The number of nitrogens with two attached hydrogens (primary N) is 1. The highest BCUT2D eigenvalue weighted by atomic mass is 79.9. The molecule has 0 amide bonds. The van der Waals surface area contributed by atoms with Crippen molar-refractivity contribution in [1.29, 1.82) is 0 Å². The van der Waals surface area contributed by atoms with Crippen molar-refractivity contribution in [2.45, 2.75) is 16.7 Å². The highest BCUT2D eigenvalue weighted by Crippen LogP contribution is 2.33. The molecular formula is C19H15BrFNO2S2. The second-order valence-corrected chi connectivity index (χ2v) is 8.75. The van der Waals surface area contributed by atoms with Gasteiger partial charge < -0.3 is 0 Å². The van der Waals surface area contributed by atoms with Gasteiger partial charge in [0.05, 0.1) is 0 Å². The van der Waals surface area contributed by atoms with Crippen LogP contribution >= 0.6 is 28.6 Å². The fourth-order valence-electron chi connectivity index (χ4n) is 2.68. The number of thiol groups is 1. The molecule has 0 bridgehead atoms. The Kier molecular flexibility index (Phi) is 5.25. The van der Waals surface area contributed by atoms with Gasteiger partial charge in [0.25, 0.3) is 0 Å². The number of hydrogen-bond acceptors (Lipinski definition) is 3. The van der Waals surface area contributed by atoms with Gasteiger partial charge in [0.1, 0.15) is 10.7 Å². The molecule has 26 heavy (non-hydrogen) atoms. The Morgan fingerprint density at radius 2 is 1.58 bits per heavy atom. The van der Waals surface area contributed by atoms with Gasteiger partial charge in [-0.1, -0.05) is 46.3 Å². The van der Waals surface area contributed by atoms with Gasteiger partial charge >= 0.3 is 0 Å². The molecule has 0 aromatic heterocycles. The van der Waals surface area contributed by atoms with Crippen molar-refractivity contribution in [1.82, 2.24) is 0 Å². The monoisotopic (exact) mass is 451 g/mol. The standard InChI is InChI=1S/C19H15BrFNO2S2/c1-11-8-14(3-6-16(11)20)15-5-2-13(10-18(15)25)12-4-7-19(17(21)9-12)26(22,23)24/h2-10,25H,1H3,(H2,22,23,24). The minimum absolute atomic E-state index is 0.519. The number of primary sulfonamides is 1. The molecule has 0 saturated carbocycles. The zero-order valence-electron chi connectivity index (χ0n) is 13.7. The Bertz CT molecular complexity index is 1110. The van der Waals surface area contributed by atoms with E-state index in [9.17, 15) is 12.8 Å². The molecule has 0 atom stereocenters. The first-order valence-electron chi connectivity index (χ1n) is 7.59. The molecule has 3 nitrogen and oxygen atoms in total. The lowest BCUT2D eigenvalue weighted by Crippen LogP contribution is -2.13. The summed E-state index contributed by atoms with van der Waals surface area (Å²) in [5, 5.41) is 4.99. The smallest absolute Gasteiger partial charge is 0.225 e. The number of aryl methyl sites for hydroxylation is 1. The van der Waals surface area contributed by atoms with Crippen LogP contribution in [0.2, 0.25) is 0 Å². The van der Waals surface area contributed by atoms with E-state index in [2.05, 4.69) is 34.6 Å². The van der Waals surface area contributed by atoms with E-state index in [1.807, 2.05) is 37.3 Å². The lowest BCUT2D eigenvalue weighted by atomic mass is 9.99. The molecule has 3 aromatic rings. The van der Waals surface area contributed by atoms with E-state index in [1.165, 1.54) is 12.1 Å². The Labute approximate surface area is 165 Å². The first-order chi connectivity index (χ1) is 12.2. The summed E-state index contributed by atoms with van der Waals surface area (Å²) in [6, 6.07) is 15.5. The van der Waals surface area contributed by atoms with Crippen LogP contribution in [0.4, 0.5) is 4.39 Å². The van der Waals surface area contributed by atoms with Gasteiger partial charge in [-0.05, 0) is 59.0 Å². The fraction of sp³-hybridized carbons (Fsp3) is 0.0526. The number of sulfonamides is 1. The van der Waals surface area contributed by atoms with Crippen molar-refractivity contribution in [3.8, 4) is 22.3 Å². The molecule has 0 spiro atoms. The molecule has 3 rings (SSSR count). The largest absolute Gasteiger partial charge is 0.240 e. The average molecular weight is 452 g/mol. The molecule has 0 aliphatic rings. The summed E-state index contributed by atoms with van der Waals surface area (Å²) in [7, 11) is -4.08. The van der Waals surface area contributed by atoms with E-state index in [0.29, 0.717) is 5.56 Å². The zero-order valence-corrected chi connectivity index (χ0v) is 17.0. The van der Waals surface area contributed by atoms with Gasteiger partial charge in [0.2, 0.25) is 10.0 Å². The van der Waals surface area contributed by atoms with Crippen LogP contribution in [0.1, 0.15) is 5.56 Å². The Morgan fingerprint density at radius 1 is 0.962 bits per heavy atom. The van der Waals surface area contributed by atoms with Crippen molar-refractivity contribution in [2.24, 2.45) is 5.14 Å². The van der Waals surface area contributed by atoms with E-state index in [1.54, 1.807) is 0 Å². The Hall–Kier alpha value is -1.67. The summed E-state index contributed by atoms with van der Waals surface area (Å²) < 4.78 is 37.8. The van der Waals surface area contributed by atoms with Gasteiger partial charge in [-0.25, -0.2) is 17.9 Å². The summed E-state index contributed by atoms with van der Waals surface area (Å²) >= 11 is 8.04. The first kappa shape index (κ1) is 19.1. The highest BCUT2D eigenvalue weighted by molar-refractivity contribution is 9.10. The van der Waals surface area contributed by atoms with E-state index in [0.717, 1.165) is 37.7 Å². The van der Waals surface area contributed by atoms with Gasteiger partial charge in [-0.3, -0.25) is 0 Å². The van der Waals surface area contributed by atoms with Crippen LogP contribution in [0.15, 0.2) is 68.9 Å². The number of benzene rings is 3. The van der Waals surface area contributed by atoms with Crippen LogP contribution in [0.25, 0.3) is 22.3 Å². The van der Waals surface area contributed by atoms with Crippen LogP contribution in [-0.2, 0) is 10.0 Å². The molecule has 0 fully saturated rings. The normalized spacial score (nSPS) is 11.6. The molecule has 0 unspecified atom stereocenters. The van der Waals surface area contributed by atoms with Crippen LogP contribution in [0.3, 0.4) is 0 Å². The molecular weight excluding hydrogens is 437 g/mol. The van der Waals surface area contributed by atoms with Crippen LogP contribution in [-0.4, -0.2) is 8.42 Å². The molecule has 0 aliphatic heterocycles. The summed E-state index contributed by atoms with van der Waals surface area (Å²) in [5.41, 5.74) is 4.36. The van der Waals surface area contributed by atoms with Gasteiger partial charge in [0.15, 0.2) is 0 Å². The summed E-state index contributed by atoms with van der Waals surface area (Å²) in [6.45, 7) is 2.01. The maximum absolute atomic E-state index is 14.1. The second kappa shape index (κ2) is 7.15. The number of rotatable bonds is 3. The van der Waals surface area contributed by atoms with Crippen LogP contribution < -0.4 is 5.14 Å². The molecule has 3 aromatic carbocycles. The lowest BCUT2D eigenvalue weighted by molar-refractivity contribution is 0.568. The molecule has 134 valence electrons. The van der Waals surface area contributed by atoms with Crippen molar-refractivity contribution >= 4 is 38.6 Å². The predicted octanol–water partition coefficient (Wildman–Crippen LogP) is 5.17. The van der Waals surface area contributed by atoms with Crippen molar-refractivity contribution < 1.29 is 12.8 Å². The van der Waals surface area contributed by atoms with Gasteiger partial charge in [0, 0.05) is 9.37 Å². The maximum Gasteiger partial charge on any atom is 0.240 e. The minimum Gasteiger partial charge on any atom is -0.225 e. The number of hydrogen-bond donors (Lipinski definition) is 2. The molecule has 0 radical (unpaired) electrons. The van der Waals surface area contributed by atoms with Crippen LogP contribution in [0.5, 0.6) is 0 Å². The minimum atomic E-state index is -4.08. The van der Waals surface area contributed by atoms with Crippen molar-refractivity contribution in [3.05, 3.63) is 70.5 Å². The Morgan fingerprint density at radius 3 is 2.15 bits per heavy atom. The second-order valence-electron chi connectivity index (χ2n) is 5.89. The Balaban J connectivity index is 2.02. The quantitative estimate of drug-likeness (QED) is 0.539. The van der Waals surface area contributed by atoms with E-state index in [-0.39, 0.29) is 0 Å². The molecule has 2 N–H and O–H groups in total. The molecule has 7 heteroatoms.